The van der Waals surface area contributed by atoms with Gasteiger partial charge in [-0.05, 0) is 37.7 Å². The number of esters is 1. The lowest BCUT2D eigenvalue weighted by atomic mass is 9.89. The van der Waals surface area contributed by atoms with Crippen LogP contribution in [0.3, 0.4) is 0 Å². The fourth-order valence-electron chi connectivity index (χ4n) is 1.71. The largest absolute Gasteiger partial charge is 0.481 e. The van der Waals surface area contributed by atoms with Crippen molar-refractivity contribution in [2.24, 2.45) is 5.92 Å². The van der Waals surface area contributed by atoms with E-state index in [1.807, 2.05) is 13.8 Å². The van der Waals surface area contributed by atoms with Crippen LogP contribution in [0, 0.1) is 5.92 Å². The lowest BCUT2D eigenvalue weighted by molar-refractivity contribution is -0.146. The van der Waals surface area contributed by atoms with Gasteiger partial charge in [-0.25, -0.2) is 0 Å². The molecule has 18 heavy (non-hydrogen) atoms. The van der Waals surface area contributed by atoms with Crippen molar-refractivity contribution in [2.45, 2.75) is 59.5 Å². The molecule has 0 spiro atoms. The molecule has 0 heterocycles. The number of rotatable bonds is 3. The summed E-state index contributed by atoms with van der Waals surface area (Å²) in [6.45, 7) is 7.14. The van der Waals surface area contributed by atoms with Gasteiger partial charge in [-0.2, -0.15) is 0 Å². The van der Waals surface area contributed by atoms with Gasteiger partial charge in [0.1, 0.15) is 6.10 Å². The summed E-state index contributed by atoms with van der Waals surface area (Å²) in [6, 6.07) is 0. The van der Waals surface area contributed by atoms with E-state index in [4.69, 9.17) is 14.6 Å². The molecule has 0 bridgehead atoms. The lowest BCUT2D eigenvalue weighted by Crippen LogP contribution is -2.18. The molecule has 1 aliphatic carbocycles. The second-order valence-corrected chi connectivity index (χ2v) is 4.66. The highest BCUT2D eigenvalue weighted by Gasteiger charge is 2.17. The van der Waals surface area contributed by atoms with E-state index < -0.39 is 5.97 Å². The number of ether oxygens (including phenoxy) is 1. The highest BCUT2D eigenvalue weighted by molar-refractivity contribution is 5.69. The fourth-order valence-corrected chi connectivity index (χ4v) is 1.71. The quantitative estimate of drug-likeness (QED) is 0.622. The molecule has 4 nitrogen and oxygen atoms in total. The Hall–Kier alpha value is -1.32. The number of carboxylic acids is 1. The lowest BCUT2D eigenvalue weighted by Gasteiger charge is -2.22. The van der Waals surface area contributed by atoms with Crippen LogP contribution in [0.2, 0.25) is 0 Å². The molecule has 0 radical (unpaired) electrons. The van der Waals surface area contributed by atoms with E-state index in [1.165, 1.54) is 12.0 Å². The first-order valence-electron chi connectivity index (χ1n) is 6.44. The highest BCUT2D eigenvalue weighted by atomic mass is 16.5. The van der Waals surface area contributed by atoms with Crippen LogP contribution in [0.5, 0.6) is 0 Å². The SMILES string of the molecule is CC(=O)O.CCC(=O)OC(C)C1=CCC(C)CC1. The van der Waals surface area contributed by atoms with Crippen molar-refractivity contribution in [3.8, 4) is 0 Å². The summed E-state index contributed by atoms with van der Waals surface area (Å²) in [4.78, 5) is 20.1. The van der Waals surface area contributed by atoms with Gasteiger partial charge in [0, 0.05) is 13.3 Å². The van der Waals surface area contributed by atoms with Gasteiger partial charge in [-0.3, -0.25) is 9.59 Å². The average Bonchev–Trinajstić information content (AvgIpc) is 2.28. The van der Waals surface area contributed by atoms with Crippen LogP contribution in [0.4, 0.5) is 0 Å². The number of hydrogen-bond acceptors (Lipinski definition) is 3. The maximum Gasteiger partial charge on any atom is 0.306 e. The minimum Gasteiger partial charge on any atom is -0.481 e. The number of carbonyl (C=O) groups is 2. The van der Waals surface area contributed by atoms with Gasteiger partial charge in [-0.15, -0.1) is 0 Å². The third kappa shape index (κ3) is 7.87. The summed E-state index contributed by atoms with van der Waals surface area (Å²) in [5, 5.41) is 7.42. The minimum absolute atomic E-state index is 0.0186. The van der Waals surface area contributed by atoms with Crippen LogP contribution in [0.1, 0.15) is 53.4 Å². The summed E-state index contributed by atoms with van der Waals surface area (Å²) < 4.78 is 5.27. The predicted octanol–water partition coefficient (Wildman–Crippen LogP) is 3.17. The molecule has 0 aromatic heterocycles. The number of allylic oxidation sites excluding steroid dienone is 1. The second kappa shape index (κ2) is 8.72. The van der Waals surface area contributed by atoms with Crippen LogP contribution in [-0.2, 0) is 14.3 Å². The molecule has 0 fully saturated rings. The van der Waals surface area contributed by atoms with E-state index >= 15 is 0 Å². The van der Waals surface area contributed by atoms with E-state index in [0.29, 0.717) is 6.42 Å². The zero-order chi connectivity index (χ0) is 14.1. The van der Waals surface area contributed by atoms with Crippen LogP contribution < -0.4 is 0 Å². The topological polar surface area (TPSA) is 63.6 Å². The van der Waals surface area contributed by atoms with E-state index in [9.17, 15) is 4.79 Å². The summed E-state index contributed by atoms with van der Waals surface area (Å²) >= 11 is 0. The van der Waals surface area contributed by atoms with E-state index in [0.717, 1.165) is 25.7 Å². The van der Waals surface area contributed by atoms with Crippen molar-refractivity contribution < 1.29 is 19.4 Å². The van der Waals surface area contributed by atoms with E-state index in [2.05, 4.69) is 13.0 Å². The van der Waals surface area contributed by atoms with Gasteiger partial charge in [0.05, 0.1) is 0 Å². The van der Waals surface area contributed by atoms with Crippen LogP contribution in [-0.4, -0.2) is 23.1 Å². The maximum absolute atomic E-state index is 11.1. The van der Waals surface area contributed by atoms with Gasteiger partial charge < -0.3 is 9.84 Å². The molecule has 0 amide bonds. The molecule has 1 rings (SSSR count). The van der Waals surface area contributed by atoms with Crippen LogP contribution >= 0.6 is 0 Å². The molecule has 0 saturated carbocycles. The first kappa shape index (κ1) is 16.7. The molecule has 0 saturated heterocycles. The zero-order valence-electron chi connectivity index (χ0n) is 11.7. The maximum atomic E-state index is 11.1. The van der Waals surface area contributed by atoms with Crippen molar-refractivity contribution in [1.29, 1.82) is 0 Å². The van der Waals surface area contributed by atoms with Crippen molar-refractivity contribution in [3.63, 3.8) is 0 Å². The standard InChI is InChI=1S/C12H20O2.C2H4O2/c1-4-12(13)14-10(3)11-7-5-9(2)6-8-11;1-2(3)4/h7,9-10H,4-6,8H2,1-3H3;1H3,(H,3,4). The number of aliphatic carboxylic acids is 1. The monoisotopic (exact) mass is 256 g/mol. The molecule has 0 aliphatic heterocycles. The first-order chi connectivity index (χ1) is 8.36. The molecule has 1 N–H and O–H groups in total. The first-order valence-corrected chi connectivity index (χ1v) is 6.44. The van der Waals surface area contributed by atoms with E-state index in [1.54, 1.807) is 0 Å². The Labute approximate surface area is 109 Å². The highest BCUT2D eigenvalue weighted by Crippen LogP contribution is 2.26. The van der Waals surface area contributed by atoms with Crippen LogP contribution in [0.25, 0.3) is 0 Å². The molecule has 4 heteroatoms. The molecule has 104 valence electrons. The Morgan fingerprint density at radius 3 is 2.50 bits per heavy atom. The van der Waals surface area contributed by atoms with Crippen LogP contribution in [0.15, 0.2) is 11.6 Å². The third-order valence-corrected chi connectivity index (χ3v) is 2.83. The summed E-state index contributed by atoms with van der Waals surface area (Å²) in [5.41, 5.74) is 1.30. The Morgan fingerprint density at radius 2 is 2.11 bits per heavy atom. The summed E-state index contributed by atoms with van der Waals surface area (Å²) in [6.07, 6.45) is 6.12. The zero-order valence-corrected chi connectivity index (χ0v) is 11.7. The molecule has 2 atom stereocenters. The molecule has 1 aliphatic rings. The molecular formula is C14H24O4. The number of carboxylic acid groups (broad SMARTS) is 1. The van der Waals surface area contributed by atoms with Gasteiger partial charge in [-0.1, -0.05) is 19.9 Å². The second-order valence-electron chi connectivity index (χ2n) is 4.66. The van der Waals surface area contributed by atoms with Crippen molar-refractivity contribution in [3.05, 3.63) is 11.6 Å². The molecule has 0 aromatic rings. The van der Waals surface area contributed by atoms with Crippen molar-refractivity contribution in [2.75, 3.05) is 0 Å². The summed E-state index contributed by atoms with van der Waals surface area (Å²) in [7, 11) is 0. The van der Waals surface area contributed by atoms with E-state index in [-0.39, 0.29) is 12.1 Å². The number of hydrogen-bond donors (Lipinski definition) is 1. The van der Waals surface area contributed by atoms with Gasteiger partial charge in [0.25, 0.3) is 5.97 Å². The van der Waals surface area contributed by atoms with Crippen molar-refractivity contribution in [1.82, 2.24) is 0 Å². The van der Waals surface area contributed by atoms with Crippen molar-refractivity contribution >= 4 is 11.9 Å². The summed E-state index contributed by atoms with van der Waals surface area (Å²) in [5.74, 6) is -0.148. The Morgan fingerprint density at radius 1 is 1.56 bits per heavy atom. The number of carbonyl (C=O) groups excluding carboxylic acids is 1. The normalized spacial score (nSPS) is 20.0. The Kier molecular flexibility index (Phi) is 8.08. The third-order valence-electron chi connectivity index (χ3n) is 2.83. The minimum atomic E-state index is -0.833. The molecular weight excluding hydrogens is 232 g/mol. The van der Waals surface area contributed by atoms with Gasteiger partial charge >= 0.3 is 5.97 Å². The van der Waals surface area contributed by atoms with Gasteiger partial charge in [0.15, 0.2) is 0 Å². The van der Waals surface area contributed by atoms with Gasteiger partial charge in [0.2, 0.25) is 0 Å². The average molecular weight is 256 g/mol. The fraction of sp³-hybridized carbons (Fsp3) is 0.714. The Balaban J connectivity index is 0.000000631. The Bertz CT molecular complexity index is 303. The molecule has 2 unspecified atom stereocenters. The smallest absolute Gasteiger partial charge is 0.306 e. The molecule has 0 aromatic carbocycles. The predicted molar refractivity (Wildman–Crippen MR) is 70.3 cm³/mol.